The van der Waals surface area contributed by atoms with Crippen LogP contribution in [0.2, 0.25) is 0 Å². The van der Waals surface area contributed by atoms with E-state index in [4.69, 9.17) is 19.4 Å². The summed E-state index contributed by atoms with van der Waals surface area (Å²) < 4.78 is 6.64. The molecule has 0 unspecified atom stereocenters. The Balaban J connectivity index is 1.03. The van der Waals surface area contributed by atoms with Crippen LogP contribution < -0.4 is 0 Å². The Labute approximate surface area is 347 Å². The fourth-order valence-electron chi connectivity index (χ4n) is 9.52. The third kappa shape index (κ3) is 5.34. The van der Waals surface area contributed by atoms with Crippen molar-refractivity contribution in [1.29, 1.82) is 0 Å². The molecule has 11 aromatic rings. The van der Waals surface area contributed by atoms with Crippen molar-refractivity contribution < 1.29 is 4.42 Å². The molecule has 0 fully saturated rings. The topological polar surface area (TPSA) is 51.8 Å². The summed E-state index contributed by atoms with van der Waals surface area (Å²) in [6.45, 7) is 4.61. The maximum atomic E-state index is 6.64. The molecule has 0 amide bonds. The molecule has 0 bridgehead atoms. The monoisotopic (exact) mass is 767 g/mol. The zero-order valence-electron chi connectivity index (χ0n) is 33.1. The van der Waals surface area contributed by atoms with Gasteiger partial charge in [-0.3, -0.25) is 0 Å². The maximum absolute atomic E-state index is 6.64. The van der Waals surface area contributed by atoms with Crippen LogP contribution in [0, 0.1) is 0 Å². The van der Waals surface area contributed by atoms with Crippen LogP contribution in [0.5, 0.6) is 0 Å². The molecule has 1 aliphatic rings. The van der Waals surface area contributed by atoms with E-state index in [1.165, 1.54) is 44.2 Å². The van der Waals surface area contributed by atoms with Crippen molar-refractivity contribution in [2.75, 3.05) is 0 Å². The van der Waals surface area contributed by atoms with Crippen LogP contribution in [-0.2, 0) is 5.41 Å². The van der Waals surface area contributed by atoms with Gasteiger partial charge < -0.3 is 4.42 Å². The van der Waals surface area contributed by atoms with E-state index in [0.29, 0.717) is 17.5 Å². The van der Waals surface area contributed by atoms with Crippen molar-refractivity contribution in [3.63, 3.8) is 0 Å². The molecule has 12 rings (SSSR count). The normalized spacial score (nSPS) is 13.0. The Morgan fingerprint density at radius 3 is 1.78 bits per heavy atom. The van der Waals surface area contributed by atoms with Gasteiger partial charge in [-0.1, -0.05) is 172 Å². The lowest BCUT2D eigenvalue weighted by Gasteiger charge is -2.21. The molecular weight excluding hydrogens is 731 g/mol. The lowest BCUT2D eigenvalue weighted by atomic mass is 9.82. The highest BCUT2D eigenvalue weighted by Crippen LogP contribution is 2.49. The second kappa shape index (κ2) is 13.2. The second-order valence-corrected chi connectivity index (χ2v) is 16.4. The van der Waals surface area contributed by atoms with Crippen LogP contribution in [0.25, 0.3) is 111 Å². The van der Waals surface area contributed by atoms with Gasteiger partial charge in [0.2, 0.25) is 0 Å². The van der Waals surface area contributed by atoms with E-state index in [1.807, 2.05) is 6.07 Å². The first-order valence-corrected chi connectivity index (χ1v) is 20.5. The van der Waals surface area contributed by atoms with Gasteiger partial charge in [0.1, 0.15) is 11.2 Å². The number of hydrogen-bond acceptors (Lipinski definition) is 4. The fourth-order valence-corrected chi connectivity index (χ4v) is 9.52. The minimum Gasteiger partial charge on any atom is -0.456 e. The number of aromatic nitrogens is 3. The molecule has 0 radical (unpaired) electrons. The van der Waals surface area contributed by atoms with Gasteiger partial charge in [0.25, 0.3) is 0 Å². The third-order valence-electron chi connectivity index (χ3n) is 12.5. The van der Waals surface area contributed by atoms with Gasteiger partial charge in [0.15, 0.2) is 17.5 Å². The van der Waals surface area contributed by atoms with Crippen LogP contribution in [0.1, 0.15) is 25.0 Å². The van der Waals surface area contributed by atoms with Crippen LogP contribution in [-0.4, -0.2) is 15.0 Å². The van der Waals surface area contributed by atoms with Crippen molar-refractivity contribution in [2.24, 2.45) is 0 Å². The molecule has 9 aromatic carbocycles. The molecule has 0 aliphatic heterocycles. The van der Waals surface area contributed by atoms with Gasteiger partial charge in [-0.15, -0.1) is 0 Å². The summed E-state index contributed by atoms with van der Waals surface area (Å²) in [5, 5.41) is 6.75. The lowest BCUT2D eigenvalue weighted by Crippen LogP contribution is -2.15. The molecule has 0 spiro atoms. The first-order chi connectivity index (χ1) is 29.5. The Hall–Kier alpha value is -7.69. The van der Waals surface area contributed by atoms with Crippen molar-refractivity contribution >= 4 is 43.5 Å². The average Bonchev–Trinajstić information content (AvgIpc) is 3.80. The molecule has 2 aromatic heterocycles. The highest BCUT2D eigenvalue weighted by molar-refractivity contribution is 6.14. The molecule has 60 heavy (non-hydrogen) atoms. The predicted octanol–water partition coefficient (Wildman–Crippen LogP) is 14.7. The van der Waals surface area contributed by atoms with Crippen LogP contribution in [0.3, 0.4) is 0 Å². The number of rotatable bonds is 5. The molecule has 2 heterocycles. The van der Waals surface area contributed by atoms with Crippen molar-refractivity contribution in [3.8, 4) is 67.5 Å². The zero-order chi connectivity index (χ0) is 40.0. The van der Waals surface area contributed by atoms with Gasteiger partial charge in [-0.2, -0.15) is 0 Å². The summed E-state index contributed by atoms with van der Waals surface area (Å²) in [4.78, 5) is 15.8. The number of nitrogens with zero attached hydrogens (tertiary/aromatic N) is 3. The van der Waals surface area contributed by atoms with E-state index < -0.39 is 0 Å². The summed E-state index contributed by atoms with van der Waals surface area (Å²) in [6.07, 6.45) is 0. The minimum absolute atomic E-state index is 0.162. The summed E-state index contributed by atoms with van der Waals surface area (Å²) >= 11 is 0. The Bertz CT molecular complexity index is 3510. The molecule has 0 saturated heterocycles. The molecular formula is C56H37N3O. The molecule has 0 N–H and O–H groups in total. The number of benzene rings is 9. The molecule has 0 saturated carbocycles. The fraction of sp³-hybridized carbons (Fsp3) is 0.0536. The number of furan rings is 1. The first-order valence-electron chi connectivity index (χ1n) is 20.5. The molecule has 282 valence electrons. The average molecular weight is 768 g/mol. The lowest BCUT2D eigenvalue weighted by molar-refractivity contribution is 0.660. The highest BCUT2D eigenvalue weighted by Gasteiger charge is 2.35. The summed E-state index contributed by atoms with van der Waals surface area (Å²) in [7, 11) is 0. The van der Waals surface area contributed by atoms with Crippen molar-refractivity contribution in [3.05, 3.63) is 199 Å². The van der Waals surface area contributed by atoms with E-state index in [0.717, 1.165) is 60.5 Å². The van der Waals surface area contributed by atoms with Gasteiger partial charge in [0.05, 0.1) is 0 Å². The maximum Gasteiger partial charge on any atom is 0.164 e. The van der Waals surface area contributed by atoms with Crippen LogP contribution in [0.4, 0.5) is 0 Å². The molecule has 0 atom stereocenters. The van der Waals surface area contributed by atoms with Crippen molar-refractivity contribution in [2.45, 2.75) is 19.3 Å². The minimum atomic E-state index is -0.162. The summed E-state index contributed by atoms with van der Waals surface area (Å²) in [5.41, 5.74) is 14.1. The Morgan fingerprint density at radius 1 is 0.350 bits per heavy atom. The SMILES string of the molecule is CC1(C)c2ccccc2-c2ccc(-c3nc(-c4ccc5c(c4)oc4cccc(-c6ccc(-c7ccccc7)cc6)c45)nc(-c4cc5ccccc5c5ccccc45)n3)cc21. The van der Waals surface area contributed by atoms with E-state index in [-0.39, 0.29) is 5.41 Å². The first kappa shape index (κ1) is 34.4. The smallest absolute Gasteiger partial charge is 0.164 e. The van der Waals surface area contributed by atoms with E-state index >= 15 is 0 Å². The largest absolute Gasteiger partial charge is 0.456 e. The quantitative estimate of drug-likeness (QED) is 0.164. The van der Waals surface area contributed by atoms with Gasteiger partial charge in [-0.05, 0) is 96.4 Å². The molecule has 4 heteroatoms. The predicted molar refractivity (Wildman–Crippen MR) is 247 cm³/mol. The molecule has 4 nitrogen and oxygen atoms in total. The van der Waals surface area contributed by atoms with E-state index in [9.17, 15) is 0 Å². The summed E-state index contributed by atoms with van der Waals surface area (Å²) in [5.74, 6) is 1.85. The van der Waals surface area contributed by atoms with Gasteiger partial charge in [0, 0.05) is 32.9 Å². The van der Waals surface area contributed by atoms with Crippen molar-refractivity contribution in [1.82, 2.24) is 15.0 Å². The van der Waals surface area contributed by atoms with E-state index in [1.54, 1.807) is 0 Å². The Kier molecular flexibility index (Phi) is 7.54. The zero-order valence-corrected chi connectivity index (χ0v) is 33.1. The highest BCUT2D eigenvalue weighted by atomic mass is 16.3. The molecule has 1 aliphatic carbocycles. The summed E-state index contributed by atoms with van der Waals surface area (Å²) in [6, 6.07) is 66.6. The third-order valence-corrected chi connectivity index (χ3v) is 12.5. The van der Waals surface area contributed by atoms with E-state index in [2.05, 4.69) is 196 Å². The van der Waals surface area contributed by atoms with Gasteiger partial charge in [-0.25, -0.2) is 15.0 Å². The van der Waals surface area contributed by atoms with Crippen LogP contribution in [0.15, 0.2) is 192 Å². The van der Waals surface area contributed by atoms with Gasteiger partial charge >= 0.3 is 0 Å². The van der Waals surface area contributed by atoms with Crippen LogP contribution >= 0.6 is 0 Å². The number of fused-ring (bicyclic) bond motifs is 9. The number of hydrogen-bond donors (Lipinski definition) is 0. The Morgan fingerprint density at radius 2 is 0.950 bits per heavy atom. The second-order valence-electron chi connectivity index (χ2n) is 16.4. The standard InChI is InChI=1S/C56H37N3O/c1-56(2)48-21-11-10-19-44(48)45-29-27-38(32-49(45)56)53-57-54(59-55(58-53)47-31-37-15-6-7-16-40(37)42-17-8-9-18-43(42)47)39-28-30-46-51(33-39)60-50-22-12-20-41(52(46)50)36-25-23-35(24-26-36)34-13-4-3-5-14-34/h3-33H,1-2H3.